The third-order valence-corrected chi connectivity index (χ3v) is 5.53. The quantitative estimate of drug-likeness (QED) is 0.163. The van der Waals surface area contributed by atoms with Gasteiger partial charge in [0.05, 0.1) is 0 Å². The fourth-order valence-electron chi connectivity index (χ4n) is 3.64. The van der Waals surface area contributed by atoms with Crippen molar-refractivity contribution in [3.63, 3.8) is 0 Å². The number of nitrogens with one attached hydrogen (secondary N) is 2. The first-order chi connectivity index (χ1) is 14.8. The Hall–Kier alpha value is -2.62. The summed E-state index contributed by atoms with van der Waals surface area (Å²) in [6.07, 6.45) is 8.69. The van der Waals surface area contributed by atoms with Gasteiger partial charge < -0.3 is 20.2 Å². The maximum Gasteiger partial charge on any atom is 0.404 e. The van der Waals surface area contributed by atoms with Crippen LogP contribution in [0.1, 0.15) is 57.8 Å². The van der Waals surface area contributed by atoms with E-state index in [1.165, 1.54) is 11.9 Å². The first-order valence-corrected chi connectivity index (χ1v) is 10.9. The summed E-state index contributed by atoms with van der Waals surface area (Å²) < 4.78 is 0. The summed E-state index contributed by atoms with van der Waals surface area (Å²) in [5, 5.41) is 20.0. The molecule has 0 radical (unpaired) electrons. The second-order valence-corrected chi connectivity index (χ2v) is 7.88. The van der Waals surface area contributed by atoms with Gasteiger partial charge in [0.1, 0.15) is 12.0 Å². The minimum Gasteiger partial charge on any atom is -0.465 e. The Bertz CT molecular complexity index is 639. The molecule has 0 aliphatic carbocycles. The highest BCUT2D eigenvalue weighted by molar-refractivity contribution is 6.01. The van der Waals surface area contributed by atoms with Crippen molar-refractivity contribution in [3.05, 3.63) is 12.2 Å². The van der Waals surface area contributed by atoms with E-state index >= 15 is 0 Å². The van der Waals surface area contributed by atoms with E-state index in [0.29, 0.717) is 32.2 Å². The van der Waals surface area contributed by atoms with Gasteiger partial charge in [-0.05, 0) is 57.8 Å². The van der Waals surface area contributed by atoms with Crippen LogP contribution in [0.5, 0.6) is 0 Å². The lowest BCUT2D eigenvalue weighted by atomic mass is 9.97. The summed E-state index contributed by atoms with van der Waals surface area (Å²) in [7, 11) is 3.20. The molecule has 1 aliphatic heterocycles. The lowest BCUT2D eigenvalue weighted by Crippen LogP contribution is -2.52. The predicted molar refractivity (Wildman–Crippen MR) is 114 cm³/mol. The van der Waals surface area contributed by atoms with Gasteiger partial charge in [-0.25, -0.2) is 10.3 Å². The first-order valence-electron chi connectivity index (χ1n) is 10.9. The van der Waals surface area contributed by atoms with Gasteiger partial charge >= 0.3 is 6.09 Å². The lowest BCUT2D eigenvalue weighted by Gasteiger charge is -2.33. The monoisotopic (exact) mass is 440 g/mol. The molecule has 4 N–H and O–H groups in total. The van der Waals surface area contributed by atoms with Crippen LogP contribution < -0.4 is 10.8 Å². The van der Waals surface area contributed by atoms with E-state index in [4.69, 9.17) is 10.3 Å². The summed E-state index contributed by atoms with van der Waals surface area (Å²) in [4.78, 5) is 51.9. The molecule has 0 bridgehead atoms. The zero-order chi connectivity index (χ0) is 23.2. The van der Waals surface area contributed by atoms with Crippen LogP contribution in [0.25, 0.3) is 0 Å². The van der Waals surface area contributed by atoms with Crippen molar-refractivity contribution in [1.29, 1.82) is 0 Å². The van der Waals surface area contributed by atoms with Gasteiger partial charge in [-0.3, -0.25) is 19.6 Å². The van der Waals surface area contributed by atoms with E-state index in [2.05, 4.69) is 11.4 Å². The molecule has 2 atom stereocenters. The van der Waals surface area contributed by atoms with Gasteiger partial charge in [0, 0.05) is 27.2 Å². The number of carbonyl (C=O) groups is 4. The number of allylic oxidation sites excluding steroid dienone is 2. The minimum absolute atomic E-state index is 0.212. The molecule has 1 heterocycles. The van der Waals surface area contributed by atoms with E-state index in [0.717, 1.165) is 25.7 Å². The van der Waals surface area contributed by atoms with Crippen molar-refractivity contribution in [3.8, 4) is 0 Å². The van der Waals surface area contributed by atoms with Crippen LogP contribution in [0, 0.1) is 5.92 Å². The molecular weight excluding hydrogens is 404 g/mol. The van der Waals surface area contributed by atoms with Crippen molar-refractivity contribution in [2.45, 2.75) is 63.8 Å². The largest absolute Gasteiger partial charge is 0.465 e. The Morgan fingerprint density at radius 1 is 1.06 bits per heavy atom. The van der Waals surface area contributed by atoms with Gasteiger partial charge in [0.2, 0.25) is 11.8 Å². The molecule has 4 amide bonds. The zero-order valence-corrected chi connectivity index (χ0v) is 18.5. The highest BCUT2D eigenvalue weighted by atomic mass is 16.5. The average molecular weight is 441 g/mol. The molecule has 0 saturated carbocycles. The van der Waals surface area contributed by atoms with E-state index in [1.54, 1.807) is 17.4 Å². The Labute approximate surface area is 183 Å². The SMILES string of the molecule is CN1CCCC/C=C/CCC[C@H](C(=O)NO)C(=O)N(C)[C@H](CCCCNC(=O)O)C1=O. The molecule has 0 spiro atoms. The number of amides is 4. The standard InChI is InChI=1S/C21H36N4O6/c1-24-15-11-7-5-3-4-6-8-12-16(18(26)23-31)19(27)25(2)17(20(24)28)13-9-10-14-22-21(29)30/h3-4,16-17,22,31H,5-15H2,1-2H3,(H,23,26)(H,29,30)/b4-3+/t16-,17-/m1/s1. The smallest absolute Gasteiger partial charge is 0.404 e. The van der Waals surface area contributed by atoms with E-state index in [9.17, 15) is 19.2 Å². The molecule has 0 aromatic carbocycles. The van der Waals surface area contributed by atoms with E-state index in [-0.39, 0.29) is 18.9 Å². The first kappa shape index (κ1) is 26.4. The fourth-order valence-corrected chi connectivity index (χ4v) is 3.64. The van der Waals surface area contributed by atoms with Crippen molar-refractivity contribution >= 4 is 23.8 Å². The minimum atomic E-state index is -1.11. The number of unbranched alkanes of at least 4 members (excludes halogenated alkanes) is 1. The van der Waals surface area contributed by atoms with Crippen LogP contribution in [0.4, 0.5) is 4.79 Å². The van der Waals surface area contributed by atoms with Crippen LogP contribution in [-0.4, -0.2) is 77.2 Å². The second kappa shape index (κ2) is 14.4. The molecule has 0 aromatic rings. The van der Waals surface area contributed by atoms with Crippen LogP contribution in [0.3, 0.4) is 0 Å². The Kier molecular flexibility index (Phi) is 12.3. The van der Waals surface area contributed by atoms with Gasteiger partial charge in [0.25, 0.3) is 5.91 Å². The molecule has 0 fully saturated rings. The van der Waals surface area contributed by atoms with Gasteiger partial charge in [-0.2, -0.15) is 0 Å². The van der Waals surface area contributed by atoms with Crippen molar-refractivity contribution in [2.24, 2.45) is 5.92 Å². The van der Waals surface area contributed by atoms with Gasteiger partial charge in [0.15, 0.2) is 0 Å². The second-order valence-electron chi connectivity index (χ2n) is 7.88. The highest BCUT2D eigenvalue weighted by Gasteiger charge is 2.35. The molecular formula is C21H36N4O6. The number of carboxylic acid groups (broad SMARTS) is 1. The molecule has 10 heteroatoms. The number of nitrogens with zero attached hydrogens (tertiary/aromatic N) is 2. The molecule has 31 heavy (non-hydrogen) atoms. The van der Waals surface area contributed by atoms with Crippen molar-refractivity contribution in [1.82, 2.24) is 20.6 Å². The van der Waals surface area contributed by atoms with E-state index < -0.39 is 29.9 Å². The number of hydrogen-bond donors (Lipinski definition) is 4. The average Bonchev–Trinajstić information content (AvgIpc) is 2.75. The number of carbonyl (C=O) groups excluding carboxylic acids is 3. The van der Waals surface area contributed by atoms with Crippen LogP contribution in [0.2, 0.25) is 0 Å². The Morgan fingerprint density at radius 2 is 1.74 bits per heavy atom. The number of hydroxylamine groups is 1. The summed E-state index contributed by atoms with van der Waals surface area (Å²) in [5.74, 6) is -2.59. The number of rotatable bonds is 6. The zero-order valence-electron chi connectivity index (χ0n) is 18.5. The van der Waals surface area contributed by atoms with E-state index in [1.807, 2.05) is 6.08 Å². The molecule has 0 saturated heterocycles. The maximum absolute atomic E-state index is 13.1. The molecule has 1 rings (SSSR count). The molecule has 0 unspecified atom stereocenters. The third kappa shape index (κ3) is 9.37. The number of hydrogen-bond acceptors (Lipinski definition) is 5. The van der Waals surface area contributed by atoms with Crippen LogP contribution in [-0.2, 0) is 14.4 Å². The molecule has 10 nitrogen and oxygen atoms in total. The maximum atomic E-state index is 13.1. The normalized spacial score (nSPS) is 22.9. The topological polar surface area (TPSA) is 139 Å². The fraction of sp³-hybridized carbons (Fsp3) is 0.714. The lowest BCUT2D eigenvalue weighted by molar-refractivity contribution is -0.151. The summed E-state index contributed by atoms with van der Waals surface area (Å²) in [5.41, 5.74) is 1.57. The molecule has 176 valence electrons. The van der Waals surface area contributed by atoms with Crippen molar-refractivity contribution in [2.75, 3.05) is 27.2 Å². The summed E-state index contributed by atoms with van der Waals surface area (Å²) in [6, 6.07) is -0.764. The summed E-state index contributed by atoms with van der Waals surface area (Å²) in [6.45, 7) is 0.818. The Morgan fingerprint density at radius 3 is 2.39 bits per heavy atom. The third-order valence-electron chi connectivity index (χ3n) is 5.53. The highest BCUT2D eigenvalue weighted by Crippen LogP contribution is 2.19. The number of likely N-dealkylation sites (N-methyl/N-ethyl adjacent to an activating group) is 2. The molecule has 0 aromatic heterocycles. The predicted octanol–water partition coefficient (Wildman–Crippen LogP) is 1.74. The van der Waals surface area contributed by atoms with Gasteiger partial charge in [-0.15, -0.1) is 0 Å². The van der Waals surface area contributed by atoms with Crippen LogP contribution >= 0.6 is 0 Å². The summed E-state index contributed by atoms with van der Waals surface area (Å²) >= 11 is 0. The Balaban J connectivity index is 3.00. The van der Waals surface area contributed by atoms with Crippen LogP contribution in [0.15, 0.2) is 12.2 Å². The van der Waals surface area contributed by atoms with Gasteiger partial charge in [-0.1, -0.05) is 12.2 Å². The van der Waals surface area contributed by atoms with Crippen molar-refractivity contribution < 1.29 is 29.5 Å². The molecule has 1 aliphatic rings.